The maximum absolute atomic E-state index is 5.75. The van der Waals surface area contributed by atoms with Gasteiger partial charge in [-0.3, -0.25) is 0 Å². The number of halogens is 2. The first-order chi connectivity index (χ1) is 7.96. The van der Waals surface area contributed by atoms with Crippen LogP contribution < -0.4 is 10.1 Å². The van der Waals surface area contributed by atoms with Crippen LogP contribution in [-0.4, -0.2) is 18.7 Å². The fourth-order valence-corrected chi connectivity index (χ4v) is 2.52. The summed E-state index contributed by atoms with van der Waals surface area (Å²) >= 11 is 6.95. The summed E-state index contributed by atoms with van der Waals surface area (Å²) in [6.45, 7) is 8.07. The van der Waals surface area contributed by atoms with Crippen molar-refractivity contribution in [2.45, 2.75) is 32.7 Å². The zero-order valence-corrected chi connectivity index (χ0v) is 13.7. The van der Waals surface area contributed by atoms with Gasteiger partial charge in [0.15, 0.2) is 0 Å². The van der Waals surface area contributed by atoms with E-state index in [1.807, 2.05) is 18.2 Å². The third-order valence-corrected chi connectivity index (χ3v) is 4.00. The van der Waals surface area contributed by atoms with Crippen molar-refractivity contribution < 1.29 is 4.74 Å². The van der Waals surface area contributed by atoms with Crippen LogP contribution in [0.5, 0.6) is 5.75 Å². The third kappa shape index (κ3) is 4.98. The smallest absolute Gasteiger partial charge is 0.147 e. The Labute approximate surface area is 120 Å². The normalized spacial score (nSPS) is 11.6. The molecule has 1 rings (SSSR count). The Morgan fingerprint density at radius 1 is 1.24 bits per heavy atom. The molecule has 1 N–H and O–H groups in total. The van der Waals surface area contributed by atoms with Crippen LogP contribution in [0.15, 0.2) is 27.1 Å². The summed E-state index contributed by atoms with van der Waals surface area (Å²) in [6.07, 6.45) is 1.10. The van der Waals surface area contributed by atoms with E-state index in [0.29, 0.717) is 6.61 Å². The highest BCUT2D eigenvalue weighted by Crippen LogP contribution is 2.32. The molecule has 0 fully saturated rings. The second-order valence-electron chi connectivity index (χ2n) is 4.56. The lowest BCUT2D eigenvalue weighted by Gasteiger charge is -2.24. The van der Waals surface area contributed by atoms with Gasteiger partial charge >= 0.3 is 0 Å². The Kier molecular flexibility index (Phi) is 5.97. The lowest BCUT2D eigenvalue weighted by atomic mass is 10.0. The monoisotopic (exact) mass is 363 g/mol. The summed E-state index contributed by atoms with van der Waals surface area (Å²) in [5.74, 6) is 0.864. The Balaban J connectivity index is 2.42. The molecule has 1 aromatic carbocycles. The third-order valence-electron chi connectivity index (χ3n) is 2.75. The molecule has 17 heavy (non-hydrogen) atoms. The van der Waals surface area contributed by atoms with Crippen molar-refractivity contribution in [1.82, 2.24) is 5.32 Å². The van der Waals surface area contributed by atoms with E-state index >= 15 is 0 Å². The Hall–Kier alpha value is -0.0600. The van der Waals surface area contributed by atoms with Crippen LogP contribution in [0.2, 0.25) is 0 Å². The number of ether oxygens (including phenoxy) is 1. The van der Waals surface area contributed by atoms with Crippen molar-refractivity contribution in [3.63, 3.8) is 0 Å². The second-order valence-corrected chi connectivity index (χ2v) is 6.27. The van der Waals surface area contributed by atoms with Crippen molar-refractivity contribution >= 4 is 31.9 Å². The number of hydrogen-bond acceptors (Lipinski definition) is 2. The summed E-state index contributed by atoms with van der Waals surface area (Å²) in [5, 5.41) is 3.46. The largest absolute Gasteiger partial charge is 0.490 e. The van der Waals surface area contributed by atoms with Gasteiger partial charge in [0.25, 0.3) is 0 Å². The van der Waals surface area contributed by atoms with E-state index in [9.17, 15) is 0 Å². The van der Waals surface area contributed by atoms with Gasteiger partial charge in [0, 0.05) is 12.1 Å². The summed E-state index contributed by atoms with van der Waals surface area (Å²) < 4.78 is 7.70. The van der Waals surface area contributed by atoms with Crippen molar-refractivity contribution in [3.05, 3.63) is 27.1 Å². The summed E-state index contributed by atoms with van der Waals surface area (Å²) in [4.78, 5) is 0. The summed E-state index contributed by atoms with van der Waals surface area (Å²) in [7, 11) is 0. The van der Waals surface area contributed by atoms with Gasteiger partial charge in [0.2, 0.25) is 0 Å². The lowest BCUT2D eigenvalue weighted by molar-refractivity contribution is 0.278. The van der Waals surface area contributed by atoms with Crippen LogP contribution in [0.1, 0.15) is 27.2 Å². The van der Waals surface area contributed by atoms with Crippen molar-refractivity contribution in [3.8, 4) is 5.75 Å². The molecule has 1 aromatic rings. The predicted octanol–water partition coefficient (Wildman–Crippen LogP) is 4.37. The van der Waals surface area contributed by atoms with Gasteiger partial charge in [0.1, 0.15) is 12.4 Å². The molecule has 96 valence electrons. The molecule has 0 aliphatic heterocycles. The van der Waals surface area contributed by atoms with Gasteiger partial charge in [-0.15, -0.1) is 0 Å². The van der Waals surface area contributed by atoms with E-state index in [-0.39, 0.29) is 5.54 Å². The quantitative estimate of drug-likeness (QED) is 0.757. The van der Waals surface area contributed by atoms with Gasteiger partial charge in [-0.2, -0.15) is 0 Å². The van der Waals surface area contributed by atoms with Crippen molar-refractivity contribution in [2.24, 2.45) is 0 Å². The molecule has 0 aliphatic carbocycles. The minimum Gasteiger partial charge on any atom is -0.490 e. The number of rotatable bonds is 6. The predicted molar refractivity (Wildman–Crippen MR) is 79.7 cm³/mol. The molecule has 0 radical (unpaired) electrons. The van der Waals surface area contributed by atoms with Gasteiger partial charge in [0.05, 0.1) is 8.95 Å². The van der Waals surface area contributed by atoms with Crippen molar-refractivity contribution in [1.29, 1.82) is 0 Å². The Morgan fingerprint density at radius 2 is 1.82 bits per heavy atom. The molecule has 0 saturated carbocycles. The molecule has 0 spiro atoms. The molecule has 0 aromatic heterocycles. The van der Waals surface area contributed by atoms with Gasteiger partial charge < -0.3 is 10.1 Å². The van der Waals surface area contributed by atoms with Crippen molar-refractivity contribution in [2.75, 3.05) is 13.2 Å². The average molecular weight is 365 g/mol. The van der Waals surface area contributed by atoms with E-state index in [0.717, 1.165) is 27.7 Å². The zero-order chi connectivity index (χ0) is 12.9. The first-order valence-corrected chi connectivity index (χ1v) is 7.36. The fraction of sp³-hybridized carbons (Fsp3) is 0.538. The van der Waals surface area contributed by atoms with Crippen LogP contribution in [0.4, 0.5) is 0 Å². The fourth-order valence-electron chi connectivity index (χ4n) is 1.29. The number of nitrogens with one attached hydrogen (secondary N) is 1. The van der Waals surface area contributed by atoms with Gasteiger partial charge in [-0.05, 0) is 64.3 Å². The molecule has 0 aliphatic rings. The molecule has 0 atom stereocenters. The number of para-hydroxylation sites is 1. The second kappa shape index (κ2) is 6.76. The summed E-state index contributed by atoms with van der Waals surface area (Å²) in [6, 6.07) is 5.92. The maximum atomic E-state index is 5.75. The Bertz CT molecular complexity index is 346. The molecule has 0 bridgehead atoms. The highest BCUT2D eigenvalue weighted by Gasteiger charge is 2.13. The molecule has 0 amide bonds. The van der Waals surface area contributed by atoms with Crippen LogP contribution in [0.3, 0.4) is 0 Å². The van der Waals surface area contributed by atoms with E-state index < -0.39 is 0 Å². The highest BCUT2D eigenvalue weighted by atomic mass is 79.9. The van der Waals surface area contributed by atoms with Crippen LogP contribution in [0, 0.1) is 0 Å². The lowest BCUT2D eigenvalue weighted by Crippen LogP contribution is -2.40. The molecule has 0 unspecified atom stereocenters. The van der Waals surface area contributed by atoms with Gasteiger partial charge in [-0.25, -0.2) is 0 Å². The molecule has 0 saturated heterocycles. The highest BCUT2D eigenvalue weighted by molar-refractivity contribution is 9.11. The SMILES string of the molecule is CCC(C)(C)NCCOc1c(Br)cccc1Br. The molecule has 4 heteroatoms. The van der Waals surface area contributed by atoms with E-state index in [1.54, 1.807) is 0 Å². The van der Waals surface area contributed by atoms with Gasteiger partial charge in [-0.1, -0.05) is 13.0 Å². The topological polar surface area (TPSA) is 21.3 Å². The van der Waals surface area contributed by atoms with Crippen LogP contribution in [-0.2, 0) is 0 Å². The Morgan fingerprint density at radius 3 is 2.35 bits per heavy atom. The zero-order valence-electron chi connectivity index (χ0n) is 10.5. The molecular weight excluding hydrogens is 346 g/mol. The number of benzene rings is 1. The van der Waals surface area contributed by atoms with E-state index in [4.69, 9.17) is 4.74 Å². The van der Waals surface area contributed by atoms with Crippen LogP contribution >= 0.6 is 31.9 Å². The average Bonchev–Trinajstić information content (AvgIpc) is 2.27. The standard InChI is InChI=1S/C13H19Br2NO/c1-4-13(2,3)16-8-9-17-12-10(14)6-5-7-11(12)15/h5-7,16H,4,8-9H2,1-3H3. The first-order valence-electron chi connectivity index (χ1n) is 5.78. The number of hydrogen-bond donors (Lipinski definition) is 1. The maximum Gasteiger partial charge on any atom is 0.147 e. The van der Waals surface area contributed by atoms with Crippen LogP contribution in [0.25, 0.3) is 0 Å². The minimum atomic E-state index is 0.175. The molecular formula is C13H19Br2NO. The van der Waals surface area contributed by atoms with E-state index in [1.165, 1.54) is 0 Å². The first kappa shape index (κ1) is 15.0. The molecule has 0 heterocycles. The molecule has 2 nitrogen and oxygen atoms in total. The van der Waals surface area contributed by atoms with E-state index in [2.05, 4.69) is 57.9 Å². The minimum absolute atomic E-state index is 0.175. The summed E-state index contributed by atoms with van der Waals surface area (Å²) in [5.41, 5.74) is 0.175.